The molecule has 4 aromatic rings. The number of hydrogen-bond donors (Lipinski definition) is 0. The van der Waals surface area contributed by atoms with E-state index < -0.39 is 25.7 Å². The van der Waals surface area contributed by atoms with E-state index in [2.05, 4.69) is 156 Å². The molecular formula is C41H48I4O8S2. The van der Waals surface area contributed by atoms with Crippen molar-refractivity contribution in [3.05, 3.63) is 109 Å². The molecule has 0 aliphatic rings. The van der Waals surface area contributed by atoms with Gasteiger partial charge in [0.25, 0.3) is 0 Å². The number of ether oxygens (including phenoxy) is 2. The Bertz CT molecular complexity index is 1970. The molecule has 55 heavy (non-hydrogen) atoms. The van der Waals surface area contributed by atoms with E-state index in [0.29, 0.717) is 0 Å². The molecule has 4 rings (SSSR count). The summed E-state index contributed by atoms with van der Waals surface area (Å²) in [6.07, 6.45) is 0.559. The molecular weight excluding hydrogens is 1190 g/mol. The first-order valence-corrected chi connectivity index (χ1v) is 25.1. The van der Waals surface area contributed by atoms with Crippen LogP contribution in [0.3, 0.4) is 0 Å². The van der Waals surface area contributed by atoms with Crippen molar-refractivity contribution in [1.82, 2.24) is 0 Å². The van der Waals surface area contributed by atoms with Gasteiger partial charge in [-0.15, -0.1) is 0 Å². The molecule has 0 amide bonds. The minimum Gasteiger partial charge on any atom is -0.491 e. The molecule has 0 aliphatic heterocycles. The molecule has 4 aromatic carbocycles. The smallest absolute Gasteiger partial charge is 0.309 e. The van der Waals surface area contributed by atoms with Gasteiger partial charge in [-0.05, 0) is 185 Å². The highest BCUT2D eigenvalue weighted by molar-refractivity contribution is 14.1. The highest BCUT2D eigenvalue weighted by Crippen LogP contribution is 2.36. The van der Waals surface area contributed by atoms with Crippen molar-refractivity contribution in [2.24, 2.45) is 0 Å². The molecule has 0 bridgehead atoms. The molecule has 0 aliphatic carbocycles. The van der Waals surface area contributed by atoms with E-state index in [9.17, 15) is 16.8 Å². The van der Waals surface area contributed by atoms with Gasteiger partial charge in [0.15, 0.2) is 0 Å². The van der Waals surface area contributed by atoms with Crippen LogP contribution in [0, 0.1) is 14.3 Å². The van der Waals surface area contributed by atoms with Crippen LogP contribution in [0.5, 0.6) is 23.0 Å². The largest absolute Gasteiger partial charge is 0.491 e. The lowest BCUT2D eigenvalue weighted by Gasteiger charge is -2.26. The van der Waals surface area contributed by atoms with E-state index in [4.69, 9.17) is 17.8 Å². The first kappa shape index (κ1) is 46.6. The van der Waals surface area contributed by atoms with Crippen molar-refractivity contribution in [2.75, 3.05) is 24.7 Å². The standard InChI is InChI=1S/C41H48I4O8S2/c1-39(2,3)29-23-33(42)37(34(43)24-29)50-19-9-21-54(46,47)52-31-15-11-27(12-16-31)41(7,8)28-13-17-32(18-14-28)53-55(48,49)22-10-20-51-38-35(44)25-30(26-36(38)45)40(4,5)6/h11-18,23-26H,9-10,19-22H2,1-8H3. The van der Waals surface area contributed by atoms with Crippen LogP contribution in [0.15, 0.2) is 72.8 Å². The maximum Gasteiger partial charge on any atom is 0.309 e. The Hall–Kier alpha value is -1.10. The fourth-order valence-electron chi connectivity index (χ4n) is 5.48. The maximum atomic E-state index is 12.8. The quantitative estimate of drug-likeness (QED) is 0.0621. The summed E-state index contributed by atoms with van der Waals surface area (Å²) in [4.78, 5) is 0. The van der Waals surface area contributed by atoms with Gasteiger partial charge >= 0.3 is 20.2 Å². The average molecular weight is 1240 g/mol. The summed E-state index contributed by atoms with van der Waals surface area (Å²) in [6.45, 7) is 17.5. The second-order valence-corrected chi connectivity index (χ2v) is 23.8. The van der Waals surface area contributed by atoms with Crippen LogP contribution in [-0.4, -0.2) is 41.6 Å². The SMILES string of the molecule is CC(C)(C)c1cc(I)c(OCCCS(=O)(=O)Oc2ccc(C(C)(C)c3ccc(OS(=O)(=O)CCCOc4c(I)cc(C(C)(C)C)cc4I)cc3)cc2)c(I)c1. The Morgan fingerprint density at radius 1 is 0.473 bits per heavy atom. The van der Waals surface area contributed by atoms with Crippen LogP contribution in [0.25, 0.3) is 0 Å². The second kappa shape index (κ2) is 18.9. The Morgan fingerprint density at radius 2 is 0.764 bits per heavy atom. The molecule has 0 heterocycles. The predicted octanol–water partition coefficient (Wildman–Crippen LogP) is 11.4. The molecule has 14 heteroatoms. The summed E-state index contributed by atoms with van der Waals surface area (Å²) in [7, 11) is -7.68. The van der Waals surface area contributed by atoms with Gasteiger partial charge in [0.05, 0.1) is 39.0 Å². The maximum absolute atomic E-state index is 12.8. The lowest BCUT2D eigenvalue weighted by molar-refractivity contribution is 0.311. The van der Waals surface area contributed by atoms with Gasteiger partial charge in [-0.25, -0.2) is 0 Å². The lowest BCUT2D eigenvalue weighted by Crippen LogP contribution is -2.20. The van der Waals surface area contributed by atoms with Crippen molar-refractivity contribution in [3.63, 3.8) is 0 Å². The van der Waals surface area contributed by atoms with Crippen LogP contribution in [-0.2, 0) is 36.5 Å². The normalized spacial score (nSPS) is 12.7. The molecule has 0 aromatic heterocycles. The third-order valence-corrected chi connectivity index (χ3v) is 14.6. The zero-order chi connectivity index (χ0) is 41.0. The van der Waals surface area contributed by atoms with Crippen molar-refractivity contribution in [2.45, 2.75) is 84.5 Å². The molecule has 8 nitrogen and oxygen atoms in total. The van der Waals surface area contributed by atoms with Gasteiger partial charge in [-0.2, -0.15) is 16.8 Å². The fourth-order valence-corrected chi connectivity index (χ4v) is 11.6. The van der Waals surface area contributed by atoms with E-state index in [1.54, 1.807) is 24.3 Å². The monoisotopic (exact) mass is 1240 g/mol. The van der Waals surface area contributed by atoms with Gasteiger partial charge in [-0.3, -0.25) is 0 Å². The van der Waals surface area contributed by atoms with Crippen molar-refractivity contribution >= 4 is 111 Å². The Kier molecular flexibility index (Phi) is 16.0. The van der Waals surface area contributed by atoms with Crippen LogP contribution in [0.4, 0.5) is 0 Å². The summed E-state index contributed by atoms with van der Waals surface area (Å²) in [5.41, 5.74) is 3.83. The molecule has 0 spiro atoms. The molecule has 0 N–H and O–H groups in total. The zero-order valence-corrected chi connectivity index (χ0v) is 42.5. The highest BCUT2D eigenvalue weighted by atomic mass is 127. The molecule has 0 unspecified atom stereocenters. The minimum absolute atomic E-state index is 0.0168. The lowest BCUT2D eigenvalue weighted by atomic mass is 9.78. The van der Waals surface area contributed by atoms with Crippen LogP contribution in [0.1, 0.15) is 90.5 Å². The van der Waals surface area contributed by atoms with E-state index in [1.807, 2.05) is 38.1 Å². The molecule has 0 saturated carbocycles. The van der Waals surface area contributed by atoms with Gasteiger partial charge in [-0.1, -0.05) is 79.7 Å². The number of halogens is 4. The summed E-state index contributed by atoms with van der Waals surface area (Å²) in [5.74, 6) is 1.61. The van der Waals surface area contributed by atoms with Gasteiger partial charge < -0.3 is 17.8 Å². The first-order valence-electron chi connectivity index (χ1n) is 17.7. The topological polar surface area (TPSA) is 105 Å². The molecule has 300 valence electrons. The number of benzene rings is 4. The summed E-state index contributed by atoms with van der Waals surface area (Å²) in [6, 6.07) is 22.3. The first-order chi connectivity index (χ1) is 25.4. The van der Waals surface area contributed by atoms with Crippen LogP contribution in [0.2, 0.25) is 0 Å². The molecule has 0 atom stereocenters. The van der Waals surface area contributed by atoms with E-state index in [1.165, 1.54) is 11.1 Å². The van der Waals surface area contributed by atoms with Crippen LogP contribution < -0.4 is 17.8 Å². The van der Waals surface area contributed by atoms with Crippen molar-refractivity contribution < 1.29 is 34.7 Å². The van der Waals surface area contributed by atoms with Crippen LogP contribution >= 0.6 is 90.4 Å². The number of hydrogen-bond acceptors (Lipinski definition) is 8. The zero-order valence-electron chi connectivity index (χ0n) is 32.3. The molecule has 0 radical (unpaired) electrons. The molecule has 0 saturated heterocycles. The summed E-state index contributed by atoms with van der Waals surface area (Å²) < 4.78 is 77.9. The Labute approximate surface area is 382 Å². The average Bonchev–Trinajstić information content (AvgIpc) is 3.06. The van der Waals surface area contributed by atoms with E-state index in [-0.39, 0.29) is 59.9 Å². The van der Waals surface area contributed by atoms with Gasteiger partial charge in [0.1, 0.15) is 23.0 Å². The van der Waals surface area contributed by atoms with Gasteiger partial charge in [0.2, 0.25) is 0 Å². The minimum atomic E-state index is -3.84. The van der Waals surface area contributed by atoms with Crippen molar-refractivity contribution in [1.29, 1.82) is 0 Å². The van der Waals surface area contributed by atoms with E-state index >= 15 is 0 Å². The third-order valence-electron chi connectivity index (χ3n) is 8.90. The Morgan fingerprint density at radius 3 is 1.04 bits per heavy atom. The fraction of sp³-hybridized carbons (Fsp3) is 0.415. The number of rotatable bonds is 16. The Balaban J connectivity index is 1.27. The van der Waals surface area contributed by atoms with E-state index in [0.717, 1.165) is 36.9 Å². The summed E-state index contributed by atoms with van der Waals surface area (Å²) in [5, 5.41) is 0. The summed E-state index contributed by atoms with van der Waals surface area (Å²) >= 11 is 9.03. The molecule has 0 fully saturated rings. The third kappa shape index (κ3) is 13.5. The second-order valence-electron chi connectivity index (χ2n) is 15.8. The van der Waals surface area contributed by atoms with Crippen molar-refractivity contribution in [3.8, 4) is 23.0 Å². The highest BCUT2D eigenvalue weighted by Gasteiger charge is 2.25. The van der Waals surface area contributed by atoms with Gasteiger partial charge in [0, 0.05) is 5.41 Å². The predicted molar refractivity (Wildman–Crippen MR) is 255 cm³/mol.